The molecular formula is C13H9BrClIO3. The lowest BCUT2D eigenvalue weighted by Gasteiger charge is -2.11. The fourth-order valence-corrected chi connectivity index (χ4v) is 2.70. The summed E-state index contributed by atoms with van der Waals surface area (Å²) in [6.07, 6.45) is 0. The normalized spacial score (nSPS) is 10.6. The Balaban J connectivity index is 2.32. The molecule has 0 aliphatic carbocycles. The summed E-state index contributed by atoms with van der Waals surface area (Å²) in [6, 6.07) is 4.93. The van der Waals surface area contributed by atoms with Crippen LogP contribution in [0, 0.1) is 17.4 Å². The van der Waals surface area contributed by atoms with Crippen molar-refractivity contribution in [2.45, 2.75) is 13.8 Å². The zero-order chi connectivity index (χ0) is 14.2. The molecule has 0 aliphatic rings. The van der Waals surface area contributed by atoms with E-state index in [-0.39, 0.29) is 5.76 Å². The van der Waals surface area contributed by atoms with Crippen LogP contribution in [0.15, 0.2) is 27.3 Å². The maximum atomic E-state index is 11.9. The van der Waals surface area contributed by atoms with E-state index in [0.29, 0.717) is 15.4 Å². The van der Waals surface area contributed by atoms with E-state index < -0.39 is 5.97 Å². The Labute approximate surface area is 137 Å². The van der Waals surface area contributed by atoms with Gasteiger partial charge in [0.15, 0.2) is 4.67 Å². The second-order valence-corrected chi connectivity index (χ2v) is 6.18. The third-order valence-corrected chi connectivity index (χ3v) is 4.89. The van der Waals surface area contributed by atoms with Crippen molar-refractivity contribution in [3.8, 4) is 5.75 Å². The van der Waals surface area contributed by atoms with E-state index in [4.69, 9.17) is 20.8 Å². The van der Waals surface area contributed by atoms with Gasteiger partial charge >= 0.3 is 5.97 Å². The molecule has 1 aromatic heterocycles. The Kier molecular flexibility index (Phi) is 4.58. The van der Waals surface area contributed by atoms with Crippen LogP contribution in [0.5, 0.6) is 5.75 Å². The quantitative estimate of drug-likeness (QED) is 0.358. The SMILES string of the molecule is Cc1cc(OC(=O)c2ccc(Br)o2)c(I)c(C)c1Cl. The molecule has 0 unspecified atom stereocenters. The van der Waals surface area contributed by atoms with Crippen molar-refractivity contribution in [2.24, 2.45) is 0 Å². The predicted molar refractivity (Wildman–Crippen MR) is 85.0 cm³/mol. The molecule has 0 N–H and O–H groups in total. The third kappa shape index (κ3) is 3.14. The first kappa shape index (κ1) is 14.9. The molecule has 0 saturated heterocycles. The first-order chi connectivity index (χ1) is 8.90. The van der Waals surface area contributed by atoms with E-state index in [1.54, 1.807) is 18.2 Å². The van der Waals surface area contributed by atoms with Gasteiger partial charge in [-0.3, -0.25) is 0 Å². The fourth-order valence-electron chi connectivity index (χ4n) is 1.55. The largest absolute Gasteiger partial charge is 0.442 e. The molecule has 1 aromatic carbocycles. The topological polar surface area (TPSA) is 39.4 Å². The third-order valence-electron chi connectivity index (χ3n) is 2.55. The van der Waals surface area contributed by atoms with Gasteiger partial charge in [-0.05, 0) is 81.7 Å². The van der Waals surface area contributed by atoms with E-state index in [2.05, 4.69) is 38.5 Å². The number of furan rings is 1. The van der Waals surface area contributed by atoms with Crippen molar-refractivity contribution in [3.63, 3.8) is 0 Å². The molecule has 2 rings (SSSR count). The number of esters is 1. The molecular weight excluding hydrogens is 446 g/mol. The molecule has 2 aromatic rings. The van der Waals surface area contributed by atoms with Gasteiger partial charge in [-0.25, -0.2) is 4.79 Å². The van der Waals surface area contributed by atoms with Gasteiger partial charge in [0.2, 0.25) is 5.76 Å². The van der Waals surface area contributed by atoms with Gasteiger partial charge < -0.3 is 9.15 Å². The maximum Gasteiger partial charge on any atom is 0.379 e. The number of hydrogen-bond donors (Lipinski definition) is 0. The van der Waals surface area contributed by atoms with E-state index in [0.717, 1.165) is 14.7 Å². The average Bonchev–Trinajstić information content (AvgIpc) is 2.80. The van der Waals surface area contributed by atoms with Crippen molar-refractivity contribution >= 4 is 56.1 Å². The van der Waals surface area contributed by atoms with Crippen molar-refractivity contribution < 1.29 is 13.9 Å². The Hall–Kier alpha value is -0.530. The zero-order valence-electron chi connectivity index (χ0n) is 10.1. The summed E-state index contributed by atoms with van der Waals surface area (Å²) in [5.41, 5.74) is 1.76. The molecule has 0 aliphatic heterocycles. The lowest BCUT2D eigenvalue weighted by Crippen LogP contribution is -2.09. The number of benzene rings is 1. The number of hydrogen-bond acceptors (Lipinski definition) is 3. The van der Waals surface area contributed by atoms with E-state index in [1.807, 2.05) is 13.8 Å². The number of halogens is 3. The van der Waals surface area contributed by atoms with Crippen molar-refractivity contribution in [3.05, 3.63) is 48.3 Å². The number of carbonyl (C=O) groups is 1. The Morgan fingerprint density at radius 1 is 1.42 bits per heavy atom. The van der Waals surface area contributed by atoms with Gasteiger partial charge in [0.1, 0.15) is 5.75 Å². The monoisotopic (exact) mass is 454 g/mol. The average molecular weight is 455 g/mol. The van der Waals surface area contributed by atoms with Crippen LogP contribution in [0.1, 0.15) is 21.7 Å². The molecule has 0 atom stereocenters. The van der Waals surface area contributed by atoms with Crippen LogP contribution in [0.4, 0.5) is 0 Å². The summed E-state index contributed by atoms with van der Waals surface area (Å²) in [7, 11) is 0. The highest BCUT2D eigenvalue weighted by Crippen LogP contribution is 2.33. The second kappa shape index (κ2) is 5.85. The van der Waals surface area contributed by atoms with Crippen LogP contribution in [0.25, 0.3) is 0 Å². The summed E-state index contributed by atoms with van der Waals surface area (Å²) < 4.78 is 11.8. The van der Waals surface area contributed by atoms with Crippen LogP contribution in [-0.2, 0) is 0 Å². The zero-order valence-corrected chi connectivity index (χ0v) is 14.6. The summed E-state index contributed by atoms with van der Waals surface area (Å²) in [5, 5.41) is 0.685. The van der Waals surface area contributed by atoms with E-state index in [1.165, 1.54) is 0 Å². The molecule has 0 amide bonds. The van der Waals surface area contributed by atoms with Crippen LogP contribution in [0.2, 0.25) is 5.02 Å². The minimum Gasteiger partial charge on any atom is -0.442 e. The number of carbonyl (C=O) groups excluding carboxylic acids is 1. The Morgan fingerprint density at radius 2 is 2.11 bits per heavy atom. The summed E-state index contributed by atoms with van der Waals surface area (Å²) >= 11 is 11.4. The van der Waals surface area contributed by atoms with Crippen LogP contribution >= 0.6 is 50.1 Å². The van der Waals surface area contributed by atoms with Gasteiger partial charge in [0.25, 0.3) is 0 Å². The number of rotatable bonds is 2. The summed E-state index contributed by atoms with van der Waals surface area (Å²) in [6.45, 7) is 3.75. The van der Waals surface area contributed by atoms with E-state index in [9.17, 15) is 4.79 Å². The molecule has 1 heterocycles. The molecule has 19 heavy (non-hydrogen) atoms. The fraction of sp³-hybridized carbons (Fsp3) is 0.154. The van der Waals surface area contributed by atoms with Gasteiger partial charge in [-0.1, -0.05) is 11.6 Å². The molecule has 0 bridgehead atoms. The van der Waals surface area contributed by atoms with Gasteiger partial charge in [0, 0.05) is 5.02 Å². The smallest absolute Gasteiger partial charge is 0.379 e. The van der Waals surface area contributed by atoms with Gasteiger partial charge in [-0.2, -0.15) is 0 Å². The Morgan fingerprint density at radius 3 is 2.68 bits per heavy atom. The molecule has 0 fully saturated rings. The van der Waals surface area contributed by atoms with Gasteiger partial charge in [-0.15, -0.1) is 0 Å². The van der Waals surface area contributed by atoms with Crippen LogP contribution in [0.3, 0.4) is 0 Å². The lowest BCUT2D eigenvalue weighted by molar-refractivity contribution is 0.0698. The van der Waals surface area contributed by atoms with Crippen molar-refractivity contribution in [1.82, 2.24) is 0 Å². The van der Waals surface area contributed by atoms with Crippen LogP contribution < -0.4 is 4.74 Å². The summed E-state index contributed by atoms with van der Waals surface area (Å²) in [4.78, 5) is 11.9. The molecule has 100 valence electrons. The second-order valence-electron chi connectivity index (χ2n) is 3.94. The van der Waals surface area contributed by atoms with Crippen molar-refractivity contribution in [2.75, 3.05) is 0 Å². The highest BCUT2D eigenvalue weighted by molar-refractivity contribution is 14.1. The highest BCUT2D eigenvalue weighted by atomic mass is 127. The summed E-state index contributed by atoms with van der Waals surface area (Å²) in [5.74, 6) is 0.0928. The van der Waals surface area contributed by atoms with E-state index >= 15 is 0 Å². The first-order valence-corrected chi connectivity index (χ1v) is 7.58. The molecule has 6 heteroatoms. The van der Waals surface area contributed by atoms with Crippen LogP contribution in [-0.4, -0.2) is 5.97 Å². The number of aryl methyl sites for hydroxylation is 1. The minimum atomic E-state index is -0.537. The molecule has 3 nitrogen and oxygen atoms in total. The predicted octanol–water partition coefficient (Wildman–Crippen LogP) is 5.14. The van der Waals surface area contributed by atoms with Crippen molar-refractivity contribution in [1.29, 1.82) is 0 Å². The minimum absolute atomic E-state index is 0.146. The maximum absolute atomic E-state index is 11.9. The number of ether oxygens (including phenoxy) is 1. The van der Waals surface area contributed by atoms with Gasteiger partial charge in [0.05, 0.1) is 3.57 Å². The molecule has 0 saturated carbocycles. The molecule has 0 radical (unpaired) electrons. The lowest BCUT2D eigenvalue weighted by atomic mass is 10.1. The first-order valence-electron chi connectivity index (χ1n) is 5.33. The Bertz CT molecular complexity index is 652. The highest BCUT2D eigenvalue weighted by Gasteiger charge is 2.17. The standard InChI is InChI=1S/C13H9BrClIO3/c1-6-5-9(12(16)7(2)11(6)15)19-13(17)8-3-4-10(14)18-8/h3-5H,1-2H3. The molecule has 0 spiro atoms.